The molecule has 2 aromatic rings. The lowest BCUT2D eigenvalue weighted by molar-refractivity contribution is 0.0989. The minimum absolute atomic E-state index is 0.213. The molecule has 3 heteroatoms. The van der Waals surface area contributed by atoms with E-state index in [4.69, 9.17) is 0 Å². The average Bonchev–Trinajstić information content (AvgIpc) is 2.41. The molecule has 0 N–H and O–H groups in total. The third-order valence-corrected chi connectivity index (χ3v) is 4.33. The van der Waals surface area contributed by atoms with Gasteiger partial charge in [-0.2, -0.15) is 0 Å². The fourth-order valence-electron chi connectivity index (χ4n) is 1.68. The molecule has 0 aliphatic heterocycles. The first-order valence-corrected chi connectivity index (χ1v) is 7.91. The van der Waals surface area contributed by atoms with Crippen molar-refractivity contribution >= 4 is 33.5 Å². The van der Waals surface area contributed by atoms with Gasteiger partial charge in [0, 0.05) is 27.1 Å². The zero-order valence-electron chi connectivity index (χ0n) is 10.7. The van der Waals surface area contributed by atoms with Gasteiger partial charge in [0.05, 0.1) is 0 Å². The maximum atomic E-state index is 12.0. The number of ketones is 1. The summed E-state index contributed by atoms with van der Waals surface area (Å²) in [6, 6.07) is 15.9. The van der Waals surface area contributed by atoms with E-state index < -0.39 is 0 Å². The fraction of sp³-hybridized carbons (Fsp3) is 0.188. The highest BCUT2D eigenvalue weighted by molar-refractivity contribution is 9.10. The van der Waals surface area contributed by atoms with Crippen molar-refractivity contribution < 1.29 is 4.79 Å². The minimum atomic E-state index is 0.213. The summed E-state index contributed by atoms with van der Waals surface area (Å²) in [6.45, 7) is 2.03. The lowest BCUT2D eigenvalue weighted by atomic mass is 10.1. The largest absolute Gasteiger partial charge is 0.294 e. The van der Waals surface area contributed by atoms with Crippen molar-refractivity contribution in [2.45, 2.75) is 18.2 Å². The van der Waals surface area contributed by atoms with Crippen molar-refractivity contribution in [3.05, 3.63) is 64.1 Å². The molecule has 1 nitrogen and oxygen atoms in total. The Balaban J connectivity index is 1.84. The van der Waals surface area contributed by atoms with Crippen LogP contribution in [0.25, 0.3) is 0 Å². The van der Waals surface area contributed by atoms with E-state index in [-0.39, 0.29) is 5.78 Å². The summed E-state index contributed by atoms with van der Waals surface area (Å²) < 4.78 is 1.08. The zero-order chi connectivity index (χ0) is 13.7. The minimum Gasteiger partial charge on any atom is -0.294 e. The number of halogens is 1. The van der Waals surface area contributed by atoms with Gasteiger partial charge in [-0.25, -0.2) is 0 Å². The summed E-state index contributed by atoms with van der Waals surface area (Å²) in [7, 11) is 0. The van der Waals surface area contributed by atoms with Crippen LogP contribution in [0.15, 0.2) is 57.9 Å². The lowest BCUT2D eigenvalue weighted by Crippen LogP contribution is -2.00. The molecule has 0 saturated heterocycles. The van der Waals surface area contributed by atoms with Crippen LogP contribution in [-0.2, 0) is 0 Å². The van der Waals surface area contributed by atoms with Crippen molar-refractivity contribution in [2.75, 3.05) is 5.75 Å². The average molecular weight is 335 g/mol. The van der Waals surface area contributed by atoms with Crippen LogP contribution in [0.4, 0.5) is 0 Å². The van der Waals surface area contributed by atoms with Gasteiger partial charge in [0.25, 0.3) is 0 Å². The number of thioether (sulfide) groups is 1. The topological polar surface area (TPSA) is 17.1 Å². The van der Waals surface area contributed by atoms with Crippen LogP contribution in [0.2, 0.25) is 0 Å². The number of carbonyl (C=O) groups excluding carboxylic acids is 1. The molecule has 0 aliphatic rings. The van der Waals surface area contributed by atoms with E-state index in [9.17, 15) is 4.79 Å². The first-order chi connectivity index (χ1) is 9.15. The number of hydrogen-bond donors (Lipinski definition) is 0. The Morgan fingerprint density at radius 2 is 1.68 bits per heavy atom. The highest BCUT2D eigenvalue weighted by Gasteiger charge is 2.05. The standard InChI is InChI=1S/C16H15BrOS/c1-12-2-4-13(5-3-12)16(18)10-11-19-15-8-6-14(17)7-9-15/h2-9H,10-11H2,1H3. The molecule has 0 heterocycles. The molecule has 0 atom stereocenters. The van der Waals surface area contributed by atoms with E-state index in [1.54, 1.807) is 11.8 Å². The van der Waals surface area contributed by atoms with Gasteiger partial charge in [-0.1, -0.05) is 45.8 Å². The predicted molar refractivity (Wildman–Crippen MR) is 85.0 cm³/mol. The number of aryl methyl sites for hydroxylation is 1. The second-order valence-corrected chi connectivity index (χ2v) is 6.43. The molecule has 0 fully saturated rings. The molecular formula is C16H15BrOS. The van der Waals surface area contributed by atoms with Crippen LogP contribution in [0.3, 0.4) is 0 Å². The Morgan fingerprint density at radius 3 is 2.32 bits per heavy atom. The highest BCUT2D eigenvalue weighted by atomic mass is 79.9. The maximum Gasteiger partial charge on any atom is 0.163 e. The molecule has 98 valence electrons. The summed E-state index contributed by atoms with van der Waals surface area (Å²) in [5, 5.41) is 0. The second kappa shape index (κ2) is 6.92. The van der Waals surface area contributed by atoms with Crippen LogP contribution in [0, 0.1) is 6.92 Å². The van der Waals surface area contributed by atoms with E-state index in [1.165, 1.54) is 10.5 Å². The Morgan fingerprint density at radius 1 is 1.05 bits per heavy atom. The molecule has 2 rings (SSSR count). The normalized spacial score (nSPS) is 10.4. The monoisotopic (exact) mass is 334 g/mol. The smallest absolute Gasteiger partial charge is 0.163 e. The van der Waals surface area contributed by atoms with Crippen LogP contribution < -0.4 is 0 Å². The second-order valence-electron chi connectivity index (χ2n) is 4.34. The van der Waals surface area contributed by atoms with Gasteiger partial charge < -0.3 is 0 Å². The van der Waals surface area contributed by atoms with Crippen molar-refractivity contribution in [3.8, 4) is 0 Å². The number of Topliss-reactive ketones (excluding diaryl/α,β-unsaturated/α-hetero) is 1. The quantitative estimate of drug-likeness (QED) is 0.557. The maximum absolute atomic E-state index is 12.0. The van der Waals surface area contributed by atoms with Crippen LogP contribution in [-0.4, -0.2) is 11.5 Å². The molecule has 0 aliphatic carbocycles. The SMILES string of the molecule is Cc1ccc(C(=O)CCSc2ccc(Br)cc2)cc1. The molecule has 0 unspecified atom stereocenters. The molecule has 0 saturated carbocycles. The van der Waals surface area contributed by atoms with Crippen molar-refractivity contribution in [1.29, 1.82) is 0 Å². The van der Waals surface area contributed by atoms with E-state index in [0.29, 0.717) is 6.42 Å². The van der Waals surface area contributed by atoms with Gasteiger partial charge in [0.15, 0.2) is 5.78 Å². The number of hydrogen-bond acceptors (Lipinski definition) is 2. The van der Waals surface area contributed by atoms with Gasteiger partial charge in [-0.15, -0.1) is 11.8 Å². The third kappa shape index (κ3) is 4.51. The fourth-order valence-corrected chi connectivity index (χ4v) is 2.79. The summed E-state index contributed by atoms with van der Waals surface area (Å²) in [5.41, 5.74) is 1.99. The highest BCUT2D eigenvalue weighted by Crippen LogP contribution is 2.21. The number of carbonyl (C=O) groups is 1. The first kappa shape index (κ1) is 14.4. The molecule has 0 bridgehead atoms. The summed E-state index contributed by atoms with van der Waals surface area (Å²) in [4.78, 5) is 13.2. The van der Waals surface area contributed by atoms with E-state index >= 15 is 0 Å². The molecular weight excluding hydrogens is 320 g/mol. The third-order valence-electron chi connectivity index (χ3n) is 2.79. The summed E-state index contributed by atoms with van der Waals surface area (Å²) in [6.07, 6.45) is 0.573. The van der Waals surface area contributed by atoms with Crippen LogP contribution in [0.1, 0.15) is 22.3 Å². The van der Waals surface area contributed by atoms with Gasteiger partial charge in [0.1, 0.15) is 0 Å². The molecule has 0 amide bonds. The van der Waals surface area contributed by atoms with E-state index in [1.807, 2.05) is 43.3 Å². The van der Waals surface area contributed by atoms with Crippen LogP contribution in [0.5, 0.6) is 0 Å². The summed E-state index contributed by atoms with van der Waals surface area (Å²) in [5.74, 6) is 1.03. The first-order valence-electron chi connectivity index (χ1n) is 6.13. The number of rotatable bonds is 5. The van der Waals surface area contributed by atoms with Gasteiger partial charge in [0.2, 0.25) is 0 Å². The summed E-state index contributed by atoms with van der Waals surface area (Å²) >= 11 is 5.12. The molecule has 0 spiro atoms. The molecule has 0 aromatic heterocycles. The molecule has 19 heavy (non-hydrogen) atoms. The molecule has 0 radical (unpaired) electrons. The molecule has 2 aromatic carbocycles. The van der Waals surface area contributed by atoms with Gasteiger partial charge in [-0.05, 0) is 31.2 Å². The van der Waals surface area contributed by atoms with Gasteiger partial charge >= 0.3 is 0 Å². The van der Waals surface area contributed by atoms with Crippen molar-refractivity contribution in [1.82, 2.24) is 0 Å². The Hall–Kier alpha value is -1.06. The Kier molecular flexibility index (Phi) is 5.23. The predicted octanol–water partition coefficient (Wildman–Crippen LogP) is 5.12. The van der Waals surface area contributed by atoms with E-state index in [2.05, 4.69) is 28.1 Å². The Labute approximate surface area is 126 Å². The number of benzene rings is 2. The van der Waals surface area contributed by atoms with Gasteiger partial charge in [-0.3, -0.25) is 4.79 Å². The Bertz CT molecular complexity index is 546. The van der Waals surface area contributed by atoms with Crippen molar-refractivity contribution in [2.24, 2.45) is 0 Å². The lowest BCUT2D eigenvalue weighted by Gasteiger charge is -2.03. The van der Waals surface area contributed by atoms with Crippen LogP contribution >= 0.6 is 27.7 Å². The van der Waals surface area contributed by atoms with E-state index in [0.717, 1.165) is 15.8 Å². The van der Waals surface area contributed by atoms with Crippen molar-refractivity contribution in [3.63, 3.8) is 0 Å². The zero-order valence-corrected chi connectivity index (χ0v) is 13.1.